The Morgan fingerprint density at radius 2 is 1.93 bits per heavy atom. The van der Waals surface area contributed by atoms with Gasteiger partial charge in [0.05, 0.1) is 31.3 Å². The molecular formula is C32H42N8O4. The number of carbonyl (C=O) groups excluding carboxylic acids is 3. The summed E-state index contributed by atoms with van der Waals surface area (Å²) in [5.74, 6) is 0.296. The minimum absolute atomic E-state index is 0.0208. The van der Waals surface area contributed by atoms with Crippen LogP contribution in [-0.2, 0) is 34.4 Å². The zero-order valence-corrected chi connectivity index (χ0v) is 25.5. The van der Waals surface area contributed by atoms with E-state index in [1.54, 1.807) is 16.7 Å². The second-order valence-electron chi connectivity index (χ2n) is 11.8. The number of aromatic nitrogens is 3. The first-order chi connectivity index (χ1) is 21.3. The van der Waals surface area contributed by atoms with Crippen molar-refractivity contribution in [2.45, 2.75) is 63.2 Å². The third-order valence-corrected chi connectivity index (χ3v) is 8.82. The molecule has 4 unspecified atom stereocenters. The van der Waals surface area contributed by atoms with Crippen molar-refractivity contribution in [1.82, 2.24) is 30.1 Å². The van der Waals surface area contributed by atoms with Crippen LogP contribution >= 0.6 is 0 Å². The molecule has 1 aromatic heterocycles. The largest absolute Gasteiger partial charge is 0.497 e. The van der Waals surface area contributed by atoms with Gasteiger partial charge in [-0.3, -0.25) is 19.4 Å². The molecule has 3 amide bonds. The lowest BCUT2D eigenvalue weighted by atomic mass is 9.96. The first kappa shape index (κ1) is 31.1. The monoisotopic (exact) mass is 602 g/mol. The Bertz CT molecular complexity index is 1490. The van der Waals surface area contributed by atoms with E-state index in [2.05, 4.69) is 27.3 Å². The molecule has 2 fully saturated rings. The molecule has 44 heavy (non-hydrogen) atoms. The van der Waals surface area contributed by atoms with Crippen molar-refractivity contribution in [3.63, 3.8) is 0 Å². The molecule has 5 rings (SSSR count). The zero-order valence-electron chi connectivity index (χ0n) is 25.5. The Morgan fingerprint density at radius 1 is 1.16 bits per heavy atom. The summed E-state index contributed by atoms with van der Waals surface area (Å²) in [6, 6.07) is 12.1. The summed E-state index contributed by atoms with van der Waals surface area (Å²) in [5.41, 5.74) is 10.0. The molecule has 2 aromatic carbocycles. The summed E-state index contributed by atoms with van der Waals surface area (Å²) in [7, 11) is 3.46. The normalized spacial score (nSPS) is 20.6. The van der Waals surface area contributed by atoms with E-state index in [4.69, 9.17) is 10.5 Å². The predicted octanol–water partition coefficient (Wildman–Crippen LogP) is 1.85. The number of rotatable bonds is 12. The van der Waals surface area contributed by atoms with Crippen LogP contribution in [0.4, 0.5) is 0 Å². The van der Waals surface area contributed by atoms with Gasteiger partial charge in [-0.1, -0.05) is 23.4 Å². The summed E-state index contributed by atoms with van der Waals surface area (Å²) in [5, 5.41) is 11.2. The topological polar surface area (TPSA) is 148 Å². The molecule has 0 spiro atoms. The quantitative estimate of drug-likeness (QED) is 0.301. The maximum absolute atomic E-state index is 13.7. The van der Waals surface area contributed by atoms with Crippen molar-refractivity contribution < 1.29 is 19.1 Å². The highest BCUT2D eigenvalue weighted by Crippen LogP contribution is 2.29. The number of nitrogens with one attached hydrogen (secondary N) is 1. The van der Waals surface area contributed by atoms with Gasteiger partial charge in [0, 0.05) is 33.1 Å². The number of benzene rings is 2. The molecule has 0 saturated carbocycles. The van der Waals surface area contributed by atoms with Crippen molar-refractivity contribution in [3.8, 4) is 5.75 Å². The average Bonchev–Trinajstić information content (AvgIpc) is 3.77. The van der Waals surface area contributed by atoms with Gasteiger partial charge in [0.25, 0.3) is 0 Å². The molecule has 3 N–H and O–H groups in total. The lowest BCUT2D eigenvalue weighted by Crippen LogP contribution is -2.51. The molecule has 3 heterocycles. The fraction of sp³-hybridized carbons (Fsp3) is 0.500. The fourth-order valence-corrected chi connectivity index (χ4v) is 6.42. The number of ether oxygens (including phenoxy) is 1. The van der Waals surface area contributed by atoms with Gasteiger partial charge >= 0.3 is 0 Å². The Hall–Kier alpha value is -4.32. The van der Waals surface area contributed by atoms with Crippen molar-refractivity contribution in [1.29, 1.82) is 0 Å². The van der Waals surface area contributed by atoms with Gasteiger partial charge in [-0.05, 0) is 80.1 Å². The molecule has 2 aliphatic heterocycles. The van der Waals surface area contributed by atoms with Gasteiger partial charge in [-0.2, -0.15) is 0 Å². The first-order valence-electron chi connectivity index (χ1n) is 15.2. The van der Waals surface area contributed by atoms with Crippen molar-refractivity contribution >= 4 is 35.5 Å². The Morgan fingerprint density at radius 3 is 2.68 bits per heavy atom. The maximum Gasteiger partial charge on any atom is 0.243 e. The minimum Gasteiger partial charge on any atom is -0.497 e. The van der Waals surface area contributed by atoms with Crippen LogP contribution in [-0.4, -0.2) is 94.1 Å². The number of amides is 3. The third-order valence-electron chi connectivity index (χ3n) is 8.82. The van der Waals surface area contributed by atoms with Gasteiger partial charge in [0.2, 0.25) is 17.7 Å². The van der Waals surface area contributed by atoms with Crippen LogP contribution in [0.1, 0.15) is 43.2 Å². The number of likely N-dealkylation sites (tertiary alicyclic amines) is 2. The van der Waals surface area contributed by atoms with Crippen LogP contribution < -0.4 is 15.8 Å². The fourth-order valence-electron chi connectivity index (χ4n) is 6.42. The van der Waals surface area contributed by atoms with Gasteiger partial charge in [-0.25, -0.2) is 4.68 Å². The van der Waals surface area contributed by atoms with Crippen molar-refractivity contribution in [3.05, 3.63) is 53.6 Å². The summed E-state index contributed by atoms with van der Waals surface area (Å²) in [6.07, 6.45) is 3.46. The van der Waals surface area contributed by atoms with E-state index in [1.807, 2.05) is 54.4 Å². The van der Waals surface area contributed by atoms with E-state index in [9.17, 15) is 14.4 Å². The van der Waals surface area contributed by atoms with E-state index < -0.39 is 12.1 Å². The second kappa shape index (κ2) is 14.0. The molecule has 2 saturated heterocycles. The van der Waals surface area contributed by atoms with Crippen molar-refractivity contribution in [2.75, 3.05) is 26.7 Å². The van der Waals surface area contributed by atoms with E-state index in [-0.39, 0.29) is 42.5 Å². The third kappa shape index (κ3) is 7.07. The van der Waals surface area contributed by atoms with E-state index in [1.165, 1.54) is 0 Å². The average molecular weight is 603 g/mol. The van der Waals surface area contributed by atoms with E-state index in [0.29, 0.717) is 39.0 Å². The van der Waals surface area contributed by atoms with E-state index >= 15 is 0 Å². The van der Waals surface area contributed by atoms with Gasteiger partial charge in [0.15, 0.2) is 0 Å². The highest BCUT2D eigenvalue weighted by molar-refractivity contribution is 5.91. The lowest BCUT2D eigenvalue weighted by molar-refractivity contribution is -0.140. The molecule has 4 atom stereocenters. The number of methoxy groups -OCH3 is 1. The molecule has 12 heteroatoms. The van der Waals surface area contributed by atoms with Crippen LogP contribution in [0.25, 0.3) is 11.0 Å². The second-order valence-corrected chi connectivity index (χ2v) is 11.8. The molecule has 0 aliphatic carbocycles. The number of aliphatic imine (C=N–C) groups is 1. The molecule has 2 aliphatic rings. The molecule has 12 nitrogen and oxygen atoms in total. The standard InChI is InChI=1S/C32H42N8O4/c1-34-19-24-5-4-14-39(24)30(41)13-11-26(33)32(43)40-20-23(15-21-6-9-25(44-3)10-7-21)17-29(40)31(42)35-18-22-8-12-28-27(16-22)36-37-38(28)2/h6-10,12,16,23-24,26,29H,1,4-5,11,13-15,17-20,33H2,2-3H3,(H,35,42). The summed E-state index contributed by atoms with van der Waals surface area (Å²) in [4.78, 5) is 47.6. The number of nitrogens with two attached hydrogens (primary N) is 1. The van der Waals surface area contributed by atoms with Gasteiger partial charge < -0.3 is 25.6 Å². The van der Waals surface area contributed by atoms with Gasteiger partial charge in [0.1, 0.15) is 17.3 Å². The molecule has 0 bridgehead atoms. The summed E-state index contributed by atoms with van der Waals surface area (Å²) < 4.78 is 6.97. The Balaban J connectivity index is 1.24. The maximum atomic E-state index is 13.7. The summed E-state index contributed by atoms with van der Waals surface area (Å²) >= 11 is 0. The van der Waals surface area contributed by atoms with Crippen LogP contribution in [0.3, 0.4) is 0 Å². The molecule has 234 valence electrons. The molecule has 3 aromatic rings. The summed E-state index contributed by atoms with van der Waals surface area (Å²) in [6.45, 7) is 5.47. The molecular weight excluding hydrogens is 560 g/mol. The zero-order chi connectivity index (χ0) is 31.2. The number of fused-ring (bicyclic) bond motifs is 1. The number of aryl methyl sites for hydroxylation is 1. The van der Waals surface area contributed by atoms with Crippen LogP contribution in [0.5, 0.6) is 5.75 Å². The highest BCUT2D eigenvalue weighted by atomic mass is 16.5. The number of hydrogen-bond donors (Lipinski definition) is 2. The SMILES string of the molecule is C=NCC1CCCN1C(=O)CCC(N)C(=O)N1CC(Cc2ccc(OC)cc2)CC1C(=O)NCc1ccc2c(c1)nnn2C. The number of carbonyl (C=O) groups is 3. The minimum atomic E-state index is -0.883. The van der Waals surface area contributed by atoms with Gasteiger partial charge in [-0.15, -0.1) is 5.10 Å². The smallest absolute Gasteiger partial charge is 0.243 e. The number of nitrogens with zero attached hydrogens (tertiary/aromatic N) is 6. The van der Waals surface area contributed by atoms with Crippen LogP contribution in [0, 0.1) is 5.92 Å². The van der Waals surface area contributed by atoms with Crippen LogP contribution in [0.2, 0.25) is 0 Å². The Labute approximate surface area is 257 Å². The number of hydrogen-bond acceptors (Lipinski definition) is 8. The van der Waals surface area contributed by atoms with Crippen LogP contribution in [0.15, 0.2) is 47.5 Å². The predicted molar refractivity (Wildman–Crippen MR) is 167 cm³/mol. The first-order valence-corrected chi connectivity index (χ1v) is 15.2. The highest BCUT2D eigenvalue weighted by Gasteiger charge is 2.41. The molecule has 0 radical (unpaired) electrons. The van der Waals surface area contributed by atoms with Crippen molar-refractivity contribution in [2.24, 2.45) is 23.7 Å². The lowest BCUT2D eigenvalue weighted by Gasteiger charge is -2.27. The van der Waals surface area contributed by atoms with E-state index in [0.717, 1.165) is 40.8 Å². The Kier molecular flexibility index (Phi) is 9.89.